The number of carboxylic acid groups (broad SMARTS) is 1. The van der Waals surface area contributed by atoms with Crippen molar-refractivity contribution >= 4 is 16.0 Å². The van der Waals surface area contributed by atoms with Gasteiger partial charge in [0.05, 0.1) is 5.25 Å². The minimum Gasteiger partial charge on any atom is -0.480 e. The summed E-state index contributed by atoms with van der Waals surface area (Å²) in [5.74, 6) is -0.960. The summed E-state index contributed by atoms with van der Waals surface area (Å²) in [5, 5.41) is 8.47. The zero-order valence-corrected chi connectivity index (χ0v) is 11.9. The Bertz CT molecular complexity index is 372. The van der Waals surface area contributed by atoms with Crippen LogP contribution in [-0.2, 0) is 14.8 Å². The second kappa shape index (κ2) is 6.52. The fraction of sp³-hybridized carbons (Fsp3) is 0.917. The minimum absolute atomic E-state index is 0.128. The average molecular weight is 277 g/mol. The lowest BCUT2D eigenvalue weighted by Gasteiger charge is -2.29. The third-order valence-electron chi connectivity index (χ3n) is 3.21. The molecule has 6 heteroatoms. The van der Waals surface area contributed by atoms with Crippen LogP contribution in [0.3, 0.4) is 0 Å². The molecule has 106 valence electrons. The molecule has 0 atom stereocenters. The number of carbonyl (C=O) groups is 1. The monoisotopic (exact) mass is 277 g/mol. The first-order chi connectivity index (χ1) is 8.34. The molecule has 0 saturated heterocycles. The van der Waals surface area contributed by atoms with E-state index in [4.69, 9.17) is 5.11 Å². The van der Waals surface area contributed by atoms with E-state index in [1.165, 1.54) is 0 Å². The highest BCUT2D eigenvalue weighted by Gasteiger charge is 2.34. The summed E-state index contributed by atoms with van der Waals surface area (Å²) in [5.41, 5.74) is 0. The number of nitrogens with zero attached hydrogens (tertiary/aromatic N) is 1. The second-order valence-corrected chi connectivity index (χ2v) is 7.60. The molecule has 0 heterocycles. The van der Waals surface area contributed by atoms with Crippen LogP contribution in [-0.4, -0.2) is 42.1 Å². The van der Waals surface area contributed by atoms with E-state index in [-0.39, 0.29) is 17.7 Å². The fourth-order valence-electron chi connectivity index (χ4n) is 2.39. The minimum atomic E-state index is -3.46. The first kappa shape index (κ1) is 15.4. The van der Waals surface area contributed by atoms with Crippen LogP contribution in [0.25, 0.3) is 0 Å². The Morgan fingerprint density at radius 2 is 1.83 bits per heavy atom. The van der Waals surface area contributed by atoms with E-state index >= 15 is 0 Å². The molecule has 0 spiro atoms. The highest BCUT2D eigenvalue weighted by Crippen LogP contribution is 2.26. The van der Waals surface area contributed by atoms with Crippen molar-refractivity contribution in [3.8, 4) is 0 Å². The van der Waals surface area contributed by atoms with Crippen LogP contribution < -0.4 is 0 Å². The van der Waals surface area contributed by atoms with Gasteiger partial charge in [-0.3, -0.25) is 4.79 Å². The van der Waals surface area contributed by atoms with E-state index < -0.39 is 22.5 Å². The van der Waals surface area contributed by atoms with Gasteiger partial charge >= 0.3 is 5.97 Å². The third-order valence-corrected chi connectivity index (χ3v) is 5.53. The summed E-state index contributed by atoms with van der Waals surface area (Å²) in [7, 11) is -3.46. The molecule has 1 aliphatic carbocycles. The van der Waals surface area contributed by atoms with Gasteiger partial charge in [0.2, 0.25) is 10.0 Å². The standard InChI is InChI=1S/C12H23NO4S/c1-10(2)8-13(9-12(14)15)18(16,17)11-6-4-3-5-7-11/h10-11H,3-9H2,1-2H3,(H,14,15). The van der Waals surface area contributed by atoms with Crippen molar-refractivity contribution in [3.63, 3.8) is 0 Å². The molecular formula is C12H23NO4S. The normalized spacial score (nSPS) is 18.4. The van der Waals surface area contributed by atoms with Crippen LogP contribution in [0.2, 0.25) is 0 Å². The largest absolute Gasteiger partial charge is 0.480 e. The van der Waals surface area contributed by atoms with Gasteiger partial charge in [-0.2, -0.15) is 4.31 Å². The summed E-state index contributed by atoms with van der Waals surface area (Å²) in [6.07, 6.45) is 4.25. The Balaban J connectivity index is 2.83. The predicted octanol–water partition coefficient (Wildman–Crippen LogP) is 1.69. The molecule has 0 aromatic carbocycles. The summed E-state index contributed by atoms with van der Waals surface area (Å²) >= 11 is 0. The molecule has 5 nitrogen and oxygen atoms in total. The summed E-state index contributed by atoms with van der Waals surface area (Å²) in [6, 6.07) is 0. The van der Waals surface area contributed by atoms with Crippen LogP contribution in [0.1, 0.15) is 46.0 Å². The summed E-state index contributed by atoms with van der Waals surface area (Å²) in [4.78, 5) is 10.8. The molecule has 0 unspecified atom stereocenters. The molecule has 0 aromatic rings. The van der Waals surface area contributed by atoms with Crippen molar-refractivity contribution in [2.24, 2.45) is 5.92 Å². The average Bonchev–Trinajstić information content (AvgIpc) is 2.28. The molecule has 0 amide bonds. The molecule has 0 aromatic heterocycles. The molecule has 0 aliphatic heterocycles. The van der Waals surface area contributed by atoms with Crippen molar-refractivity contribution in [2.75, 3.05) is 13.1 Å². The highest BCUT2D eigenvalue weighted by molar-refractivity contribution is 7.89. The highest BCUT2D eigenvalue weighted by atomic mass is 32.2. The van der Waals surface area contributed by atoms with Crippen molar-refractivity contribution in [1.29, 1.82) is 0 Å². The van der Waals surface area contributed by atoms with E-state index in [1.807, 2.05) is 13.8 Å². The van der Waals surface area contributed by atoms with Gasteiger partial charge in [0.15, 0.2) is 0 Å². The molecule has 1 N–H and O–H groups in total. The molecule has 1 rings (SSSR count). The van der Waals surface area contributed by atoms with Gasteiger partial charge in [-0.15, -0.1) is 0 Å². The van der Waals surface area contributed by atoms with Crippen LogP contribution in [0.4, 0.5) is 0 Å². The Morgan fingerprint density at radius 3 is 2.28 bits per heavy atom. The third kappa shape index (κ3) is 4.24. The Kier molecular flexibility index (Phi) is 5.59. The van der Waals surface area contributed by atoms with Gasteiger partial charge < -0.3 is 5.11 Å². The maximum absolute atomic E-state index is 12.4. The lowest BCUT2D eigenvalue weighted by molar-refractivity contribution is -0.137. The maximum atomic E-state index is 12.4. The molecule has 18 heavy (non-hydrogen) atoms. The molecule has 0 bridgehead atoms. The van der Waals surface area contributed by atoms with E-state index in [9.17, 15) is 13.2 Å². The fourth-order valence-corrected chi connectivity index (χ4v) is 4.54. The van der Waals surface area contributed by atoms with E-state index in [0.29, 0.717) is 12.8 Å². The summed E-state index contributed by atoms with van der Waals surface area (Å²) in [6.45, 7) is 3.65. The maximum Gasteiger partial charge on any atom is 0.318 e. The number of aliphatic carboxylic acids is 1. The smallest absolute Gasteiger partial charge is 0.318 e. The molecule has 1 fully saturated rings. The van der Waals surface area contributed by atoms with Crippen molar-refractivity contribution in [1.82, 2.24) is 4.31 Å². The zero-order chi connectivity index (χ0) is 13.8. The van der Waals surface area contributed by atoms with Gasteiger partial charge in [-0.1, -0.05) is 33.1 Å². The predicted molar refractivity (Wildman–Crippen MR) is 69.8 cm³/mol. The van der Waals surface area contributed by atoms with E-state index in [0.717, 1.165) is 23.6 Å². The SMILES string of the molecule is CC(C)CN(CC(=O)O)S(=O)(=O)C1CCCCC1. The number of hydrogen-bond acceptors (Lipinski definition) is 3. The number of sulfonamides is 1. The van der Waals surface area contributed by atoms with Gasteiger partial charge in [-0.25, -0.2) is 8.42 Å². The number of rotatable bonds is 6. The van der Waals surface area contributed by atoms with Crippen molar-refractivity contribution in [3.05, 3.63) is 0 Å². The van der Waals surface area contributed by atoms with Crippen LogP contribution in [0, 0.1) is 5.92 Å². The van der Waals surface area contributed by atoms with Gasteiger partial charge in [0.1, 0.15) is 6.54 Å². The summed E-state index contributed by atoms with van der Waals surface area (Å²) < 4.78 is 26.0. The first-order valence-corrected chi connectivity index (χ1v) is 8.05. The lowest BCUT2D eigenvalue weighted by atomic mass is 10.0. The molecule has 1 aliphatic rings. The second-order valence-electron chi connectivity index (χ2n) is 5.39. The lowest BCUT2D eigenvalue weighted by Crippen LogP contribution is -2.44. The Morgan fingerprint density at radius 1 is 1.28 bits per heavy atom. The number of carboxylic acids is 1. The first-order valence-electron chi connectivity index (χ1n) is 6.54. The number of hydrogen-bond donors (Lipinski definition) is 1. The van der Waals surface area contributed by atoms with Crippen molar-refractivity contribution in [2.45, 2.75) is 51.2 Å². The van der Waals surface area contributed by atoms with E-state index in [1.54, 1.807) is 0 Å². The van der Waals surface area contributed by atoms with Crippen LogP contribution in [0.15, 0.2) is 0 Å². The topological polar surface area (TPSA) is 74.7 Å². The van der Waals surface area contributed by atoms with Crippen molar-refractivity contribution < 1.29 is 18.3 Å². The molecule has 1 saturated carbocycles. The molecular weight excluding hydrogens is 254 g/mol. The molecule has 0 radical (unpaired) electrons. The van der Waals surface area contributed by atoms with Gasteiger partial charge in [-0.05, 0) is 18.8 Å². The van der Waals surface area contributed by atoms with E-state index in [2.05, 4.69) is 0 Å². The quantitative estimate of drug-likeness (QED) is 0.801. The van der Waals surface area contributed by atoms with Gasteiger partial charge in [0, 0.05) is 6.54 Å². The van der Waals surface area contributed by atoms with Crippen LogP contribution in [0.5, 0.6) is 0 Å². The van der Waals surface area contributed by atoms with Crippen LogP contribution >= 0.6 is 0 Å². The Hall–Kier alpha value is -0.620. The Labute approximate surface area is 109 Å². The zero-order valence-electron chi connectivity index (χ0n) is 11.1. The van der Waals surface area contributed by atoms with Gasteiger partial charge in [0.25, 0.3) is 0 Å².